The summed E-state index contributed by atoms with van der Waals surface area (Å²) in [7, 11) is 0. The molecule has 6 nitrogen and oxygen atoms in total. The van der Waals surface area contributed by atoms with Gasteiger partial charge in [-0.2, -0.15) is 5.10 Å². The number of hydrazone groups is 1. The zero-order valence-electron chi connectivity index (χ0n) is 17.4. The van der Waals surface area contributed by atoms with Crippen LogP contribution in [0.2, 0.25) is 5.02 Å². The quantitative estimate of drug-likeness (QED) is 0.271. The van der Waals surface area contributed by atoms with Crippen LogP contribution in [-0.2, 0) is 4.79 Å². The van der Waals surface area contributed by atoms with Crippen LogP contribution >= 0.6 is 27.5 Å². The number of nitrogens with zero attached hydrogens (tertiary/aromatic N) is 1. The molecule has 0 aliphatic rings. The van der Waals surface area contributed by atoms with Crippen LogP contribution in [0.15, 0.2) is 64.7 Å². The molecule has 1 atom stereocenters. The third kappa shape index (κ3) is 8.19. The highest BCUT2D eigenvalue weighted by molar-refractivity contribution is 9.10. The third-order valence-corrected chi connectivity index (χ3v) is 5.01. The number of halogens is 2. The Balaban J connectivity index is 2.01. The number of hydrogen-bond acceptors (Lipinski definition) is 4. The summed E-state index contributed by atoms with van der Waals surface area (Å²) >= 11 is 9.30. The Bertz CT molecular complexity index is 946. The van der Waals surface area contributed by atoms with E-state index in [1.54, 1.807) is 36.4 Å². The molecule has 0 aromatic heterocycles. The zero-order chi connectivity index (χ0) is 22.8. The molecule has 0 aliphatic carbocycles. The highest BCUT2D eigenvalue weighted by Crippen LogP contribution is 2.25. The molecular weight excluding hydrogens is 482 g/mol. The maximum Gasteiger partial charge on any atom is 0.262 e. The maximum absolute atomic E-state index is 12.6. The van der Waals surface area contributed by atoms with Gasteiger partial charge in [0.1, 0.15) is 18.4 Å². The molecule has 0 spiro atoms. The van der Waals surface area contributed by atoms with Crippen molar-refractivity contribution in [3.05, 3.63) is 75.7 Å². The molecule has 0 saturated carbocycles. The van der Waals surface area contributed by atoms with Crippen molar-refractivity contribution in [1.82, 2.24) is 10.7 Å². The second-order valence-electron chi connectivity index (χ2n) is 7.19. The summed E-state index contributed by atoms with van der Waals surface area (Å²) in [6, 6.07) is 11.2. The van der Waals surface area contributed by atoms with E-state index in [1.807, 2.05) is 26.0 Å². The van der Waals surface area contributed by atoms with Gasteiger partial charge < -0.3 is 10.1 Å². The molecular formula is C23H25BrClN3O3. The lowest BCUT2D eigenvalue weighted by molar-refractivity contribution is -0.123. The number of carbonyl (C=O) groups excluding carboxylic acids is 2. The number of carbonyl (C=O) groups is 2. The molecule has 0 radical (unpaired) electrons. The Morgan fingerprint density at radius 3 is 2.55 bits per heavy atom. The van der Waals surface area contributed by atoms with E-state index in [0.29, 0.717) is 29.4 Å². The number of rotatable bonds is 10. The summed E-state index contributed by atoms with van der Waals surface area (Å²) in [6.07, 6.45) is 3.66. The molecule has 2 aromatic carbocycles. The molecule has 0 aliphatic heterocycles. The average Bonchev–Trinajstić information content (AvgIpc) is 2.72. The molecule has 2 amide bonds. The second kappa shape index (κ2) is 12.3. The van der Waals surface area contributed by atoms with Crippen LogP contribution in [-0.4, -0.2) is 30.7 Å². The van der Waals surface area contributed by atoms with Crippen LogP contribution in [0.3, 0.4) is 0 Å². The molecule has 0 bridgehead atoms. The fourth-order valence-electron chi connectivity index (χ4n) is 2.66. The number of ether oxygens (including phenoxy) is 1. The van der Waals surface area contributed by atoms with Crippen LogP contribution in [0.25, 0.3) is 0 Å². The molecule has 1 unspecified atom stereocenters. The number of hydrogen-bond donors (Lipinski definition) is 2. The minimum absolute atomic E-state index is 0.198. The summed E-state index contributed by atoms with van der Waals surface area (Å²) in [4.78, 5) is 25.1. The van der Waals surface area contributed by atoms with Crippen LogP contribution in [0.4, 0.5) is 0 Å². The molecule has 0 fully saturated rings. The van der Waals surface area contributed by atoms with Gasteiger partial charge in [-0.05, 0) is 76.3 Å². The van der Waals surface area contributed by atoms with Crippen molar-refractivity contribution in [3.63, 3.8) is 0 Å². The lowest BCUT2D eigenvalue weighted by Crippen LogP contribution is -2.46. The van der Waals surface area contributed by atoms with Crippen molar-refractivity contribution in [2.24, 2.45) is 11.0 Å². The first-order valence-corrected chi connectivity index (χ1v) is 10.9. The van der Waals surface area contributed by atoms with Crippen molar-refractivity contribution in [3.8, 4) is 5.75 Å². The predicted octanol–water partition coefficient (Wildman–Crippen LogP) is 4.96. The summed E-state index contributed by atoms with van der Waals surface area (Å²) in [6.45, 7) is 7.98. The van der Waals surface area contributed by atoms with E-state index < -0.39 is 11.9 Å². The largest absolute Gasteiger partial charge is 0.488 e. The van der Waals surface area contributed by atoms with Crippen molar-refractivity contribution >= 4 is 45.6 Å². The Labute approximate surface area is 195 Å². The lowest BCUT2D eigenvalue weighted by Gasteiger charge is -2.19. The third-order valence-electron chi connectivity index (χ3n) is 4.14. The molecule has 2 N–H and O–H groups in total. The van der Waals surface area contributed by atoms with Gasteiger partial charge in [0.25, 0.3) is 11.8 Å². The molecule has 8 heteroatoms. The van der Waals surface area contributed by atoms with E-state index in [2.05, 4.69) is 38.4 Å². The molecule has 2 rings (SSSR count). The Morgan fingerprint density at radius 2 is 1.94 bits per heavy atom. The van der Waals surface area contributed by atoms with Gasteiger partial charge >= 0.3 is 0 Å². The number of nitrogens with one attached hydrogen (secondary N) is 2. The monoisotopic (exact) mass is 505 g/mol. The normalized spacial score (nSPS) is 11.9. The molecule has 31 heavy (non-hydrogen) atoms. The van der Waals surface area contributed by atoms with Gasteiger partial charge in [0.15, 0.2) is 0 Å². The molecule has 0 saturated heterocycles. The van der Waals surface area contributed by atoms with E-state index >= 15 is 0 Å². The van der Waals surface area contributed by atoms with Crippen LogP contribution in [0, 0.1) is 5.92 Å². The van der Waals surface area contributed by atoms with Gasteiger partial charge in [0, 0.05) is 10.6 Å². The van der Waals surface area contributed by atoms with E-state index in [1.165, 1.54) is 6.21 Å². The number of amides is 2. The second-order valence-corrected chi connectivity index (χ2v) is 8.48. The topological polar surface area (TPSA) is 79.8 Å². The van der Waals surface area contributed by atoms with E-state index in [-0.39, 0.29) is 11.8 Å². The average molecular weight is 507 g/mol. The standard InChI is InChI=1S/C23H25BrClN3O3/c1-4-11-31-21-10-5-16(13-19(21)24)14-26-28-23(30)20(12-15(2)3)27-22(29)17-6-8-18(25)9-7-17/h4-10,13-15,20H,1,11-12H2,2-3H3,(H,27,29)(H,28,30)/b26-14+. The van der Waals surface area contributed by atoms with Crippen molar-refractivity contribution in [2.75, 3.05) is 6.61 Å². The van der Waals surface area contributed by atoms with Gasteiger partial charge in [0.05, 0.1) is 10.7 Å². The summed E-state index contributed by atoms with van der Waals surface area (Å²) in [5.41, 5.74) is 3.70. The van der Waals surface area contributed by atoms with Crippen LogP contribution < -0.4 is 15.5 Å². The Morgan fingerprint density at radius 1 is 1.23 bits per heavy atom. The Hall–Kier alpha value is -2.64. The molecule has 2 aromatic rings. The van der Waals surface area contributed by atoms with E-state index in [9.17, 15) is 9.59 Å². The van der Waals surface area contributed by atoms with Crippen molar-refractivity contribution in [2.45, 2.75) is 26.3 Å². The highest BCUT2D eigenvalue weighted by atomic mass is 79.9. The van der Waals surface area contributed by atoms with Gasteiger partial charge in [-0.15, -0.1) is 0 Å². The maximum atomic E-state index is 12.6. The van der Waals surface area contributed by atoms with Gasteiger partial charge in [-0.1, -0.05) is 38.1 Å². The molecule has 164 valence electrons. The molecule has 0 heterocycles. The van der Waals surface area contributed by atoms with Crippen molar-refractivity contribution in [1.29, 1.82) is 0 Å². The van der Waals surface area contributed by atoms with Gasteiger partial charge in [-0.25, -0.2) is 5.43 Å². The van der Waals surface area contributed by atoms with E-state index in [4.69, 9.17) is 16.3 Å². The van der Waals surface area contributed by atoms with Gasteiger partial charge in [-0.3, -0.25) is 9.59 Å². The first-order valence-electron chi connectivity index (χ1n) is 9.72. The highest BCUT2D eigenvalue weighted by Gasteiger charge is 2.22. The van der Waals surface area contributed by atoms with Gasteiger partial charge in [0.2, 0.25) is 0 Å². The van der Waals surface area contributed by atoms with Crippen LogP contribution in [0.5, 0.6) is 5.75 Å². The Kier molecular flexibility index (Phi) is 9.75. The summed E-state index contributed by atoms with van der Waals surface area (Å²) < 4.78 is 6.27. The first kappa shape index (κ1) is 24.6. The summed E-state index contributed by atoms with van der Waals surface area (Å²) in [5.74, 6) is 0.144. The SMILES string of the molecule is C=CCOc1ccc(/C=N/NC(=O)C(CC(C)C)NC(=O)c2ccc(Cl)cc2)cc1Br. The lowest BCUT2D eigenvalue weighted by atomic mass is 10.0. The first-order chi connectivity index (χ1) is 14.8. The summed E-state index contributed by atoms with van der Waals surface area (Å²) in [5, 5.41) is 7.33. The smallest absolute Gasteiger partial charge is 0.262 e. The zero-order valence-corrected chi connectivity index (χ0v) is 19.7. The minimum Gasteiger partial charge on any atom is -0.488 e. The minimum atomic E-state index is -0.721. The van der Waals surface area contributed by atoms with E-state index in [0.717, 1.165) is 10.0 Å². The van der Waals surface area contributed by atoms with Crippen molar-refractivity contribution < 1.29 is 14.3 Å². The number of benzene rings is 2. The fourth-order valence-corrected chi connectivity index (χ4v) is 3.29. The predicted molar refractivity (Wildman–Crippen MR) is 128 cm³/mol. The van der Waals surface area contributed by atoms with Crippen LogP contribution in [0.1, 0.15) is 36.2 Å². The fraction of sp³-hybridized carbons (Fsp3) is 0.261.